The monoisotopic (exact) mass is 367 g/mol. The lowest BCUT2D eigenvalue weighted by Crippen LogP contribution is -2.50. The first-order valence-corrected chi connectivity index (χ1v) is 9.75. The molecule has 0 aromatic rings. The summed E-state index contributed by atoms with van der Waals surface area (Å²) in [6.07, 6.45) is 3.57. The molecule has 26 heavy (non-hydrogen) atoms. The maximum atomic E-state index is 12.7. The van der Waals surface area contributed by atoms with Crippen LogP contribution in [0.15, 0.2) is 0 Å². The van der Waals surface area contributed by atoms with Gasteiger partial charge in [0, 0.05) is 39.1 Å². The van der Waals surface area contributed by atoms with Gasteiger partial charge in [0.2, 0.25) is 5.91 Å². The van der Waals surface area contributed by atoms with Crippen LogP contribution in [0.25, 0.3) is 0 Å². The van der Waals surface area contributed by atoms with Gasteiger partial charge in [-0.05, 0) is 44.4 Å². The van der Waals surface area contributed by atoms with Gasteiger partial charge in [-0.25, -0.2) is 4.79 Å². The van der Waals surface area contributed by atoms with E-state index < -0.39 is 11.4 Å². The van der Waals surface area contributed by atoms with Crippen LogP contribution in [0.2, 0.25) is 0 Å². The van der Waals surface area contributed by atoms with Crippen LogP contribution < -0.4 is 5.32 Å². The summed E-state index contributed by atoms with van der Waals surface area (Å²) >= 11 is 0. The summed E-state index contributed by atoms with van der Waals surface area (Å²) in [4.78, 5) is 39.9. The summed E-state index contributed by atoms with van der Waals surface area (Å²) in [6, 6.07) is -0.0488. The Hall–Kier alpha value is -1.79. The number of rotatable bonds is 5. The number of aliphatic carboxylic acids is 1. The zero-order valence-electron chi connectivity index (χ0n) is 16.3. The molecule has 0 aromatic carbocycles. The molecule has 0 aliphatic carbocycles. The van der Waals surface area contributed by atoms with Gasteiger partial charge in [-0.3, -0.25) is 9.59 Å². The summed E-state index contributed by atoms with van der Waals surface area (Å²) in [5.74, 6) is -0.255. The molecule has 3 amide bonds. The normalized spacial score (nSPS) is 26.7. The molecular weight excluding hydrogens is 334 g/mol. The fourth-order valence-corrected chi connectivity index (χ4v) is 3.82. The Labute approximate surface area is 156 Å². The van der Waals surface area contributed by atoms with Crippen molar-refractivity contribution in [3.05, 3.63) is 0 Å². The third kappa shape index (κ3) is 5.35. The molecule has 2 atom stereocenters. The number of carbonyl (C=O) groups is 3. The minimum Gasteiger partial charge on any atom is -0.481 e. The summed E-state index contributed by atoms with van der Waals surface area (Å²) < 4.78 is 0. The van der Waals surface area contributed by atoms with Gasteiger partial charge in [0.05, 0.1) is 5.41 Å². The number of amides is 3. The Kier molecular flexibility index (Phi) is 6.89. The van der Waals surface area contributed by atoms with E-state index in [4.69, 9.17) is 0 Å². The van der Waals surface area contributed by atoms with Crippen molar-refractivity contribution in [2.75, 3.05) is 32.7 Å². The third-order valence-corrected chi connectivity index (χ3v) is 5.50. The number of carbonyl (C=O) groups excluding carboxylic acids is 2. The standard InChI is InChI=1S/C19H33N3O4/c1-14(2)11-20-18(26)21-8-4-6-15(12-21)10-16(23)22-9-5-7-19(3,13-22)17(24)25/h14-15H,4-13H2,1-3H3,(H,20,26)(H,24,25). The van der Waals surface area contributed by atoms with Crippen molar-refractivity contribution in [1.29, 1.82) is 0 Å². The SMILES string of the molecule is CC(C)CNC(=O)N1CCCC(CC(=O)N2CCCC(C)(C(=O)O)C2)C1. The highest BCUT2D eigenvalue weighted by atomic mass is 16.4. The molecule has 2 fully saturated rings. The molecule has 2 unspecified atom stereocenters. The number of nitrogens with one attached hydrogen (secondary N) is 1. The Morgan fingerprint density at radius 2 is 1.88 bits per heavy atom. The second kappa shape index (κ2) is 8.73. The van der Waals surface area contributed by atoms with Crippen molar-refractivity contribution >= 4 is 17.9 Å². The van der Waals surface area contributed by atoms with Crippen molar-refractivity contribution in [3.63, 3.8) is 0 Å². The van der Waals surface area contributed by atoms with Gasteiger partial charge in [-0.1, -0.05) is 13.8 Å². The molecule has 148 valence electrons. The van der Waals surface area contributed by atoms with Crippen LogP contribution in [-0.4, -0.2) is 65.5 Å². The number of hydrogen-bond acceptors (Lipinski definition) is 3. The van der Waals surface area contributed by atoms with Gasteiger partial charge in [0.1, 0.15) is 0 Å². The predicted octanol–water partition coefficient (Wildman–Crippen LogP) is 2.17. The van der Waals surface area contributed by atoms with Crippen molar-refractivity contribution in [3.8, 4) is 0 Å². The van der Waals surface area contributed by atoms with E-state index in [0.717, 1.165) is 25.8 Å². The van der Waals surface area contributed by atoms with Gasteiger partial charge >= 0.3 is 12.0 Å². The highest BCUT2D eigenvalue weighted by Crippen LogP contribution is 2.31. The van der Waals surface area contributed by atoms with Crippen molar-refractivity contribution in [1.82, 2.24) is 15.1 Å². The Balaban J connectivity index is 1.86. The summed E-state index contributed by atoms with van der Waals surface area (Å²) in [7, 11) is 0. The molecule has 7 nitrogen and oxygen atoms in total. The Morgan fingerprint density at radius 1 is 1.19 bits per heavy atom. The number of carboxylic acid groups (broad SMARTS) is 1. The second-order valence-corrected chi connectivity index (χ2v) is 8.52. The molecule has 2 rings (SSSR count). The van der Waals surface area contributed by atoms with E-state index in [2.05, 4.69) is 19.2 Å². The van der Waals surface area contributed by atoms with Crippen molar-refractivity contribution < 1.29 is 19.5 Å². The lowest BCUT2D eigenvalue weighted by Gasteiger charge is -2.39. The van der Waals surface area contributed by atoms with Crippen LogP contribution in [0.3, 0.4) is 0 Å². The highest BCUT2D eigenvalue weighted by molar-refractivity contribution is 5.80. The quantitative estimate of drug-likeness (QED) is 0.779. The minimum atomic E-state index is -0.844. The van der Waals surface area contributed by atoms with E-state index in [1.165, 1.54) is 0 Å². The van der Waals surface area contributed by atoms with Crippen LogP contribution in [0.1, 0.15) is 52.9 Å². The summed E-state index contributed by atoms with van der Waals surface area (Å²) in [6.45, 7) is 8.73. The van der Waals surface area contributed by atoms with Crippen LogP contribution in [0.5, 0.6) is 0 Å². The average Bonchev–Trinajstić information content (AvgIpc) is 2.59. The molecule has 2 heterocycles. The highest BCUT2D eigenvalue weighted by Gasteiger charge is 2.39. The zero-order valence-corrected chi connectivity index (χ0v) is 16.3. The number of carboxylic acids is 1. The van der Waals surface area contributed by atoms with E-state index in [9.17, 15) is 19.5 Å². The first-order valence-electron chi connectivity index (χ1n) is 9.75. The summed E-state index contributed by atoms with van der Waals surface area (Å²) in [5, 5.41) is 12.4. The molecule has 2 N–H and O–H groups in total. The van der Waals surface area contributed by atoms with Gasteiger partial charge in [0.25, 0.3) is 0 Å². The van der Waals surface area contributed by atoms with E-state index in [1.807, 2.05) is 0 Å². The van der Waals surface area contributed by atoms with E-state index >= 15 is 0 Å². The molecule has 0 saturated carbocycles. The lowest BCUT2D eigenvalue weighted by atomic mass is 9.81. The predicted molar refractivity (Wildman–Crippen MR) is 98.7 cm³/mol. The van der Waals surface area contributed by atoms with Crippen LogP contribution >= 0.6 is 0 Å². The largest absolute Gasteiger partial charge is 0.481 e. The van der Waals surface area contributed by atoms with E-state index in [-0.39, 0.29) is 24.4 Å². The van der Waals surface area contributed by atoms with Gasteiger partial charge in [-0.15, -0.1) is 0 Å². The molecule has 0 spiro atoms. The maximum Gasteiger partial charge on any atom is 0.317 e. The second-order valence-electron chi connectivity index (χ2n) is 8.52. The number of urea groups is 1. The van der Waals surface area contributed by atoms with Crippen LogP contribution in [-0.2, 0) is 9.59 Å². The molecule has 2 aliphatic heterocycles. The zero-order chi connectivity index (χ0) is 19.3. The smallest absolute Gasteiger partial charge is 0.317 e. The number of hydrogen-bond donors (Lipinski definition) is 2. The average molecular weight is 367 g/mol. The molecule has 0 radical (unpaired) electrons. The molecule has 7 heteroatoms. The minimum absolute atomic E-state index is 0.0200. The number of likely N-dealkylation sites (tertiary alicyclic amines) is 2. The molecule has 0 bridgehead atoms. The fraction of sp³-hybridized carbons (Fsp3) is 0.842. The Morgan fingerprint density at radius 3 is 2.54 bits per heavy atom. The van der Waals surface area contributed by atoms with E-state index in [0.29, 0.717) is 38.4 Å². The fourth-order valence-electron chi connectivity index (χ4n) is 3.82. The molecule has 2 saturated heterocycles. The van der Waals surface area contributed by atoms with Gasteiger partial charge in [0.15, 0.2) is 0 Å². The van der Waals surface area contributed by atoms with Gasteiger partial charge < -0.3 is 20.2 Å². The molecule has 2 aliphatic rings. The third-order valence-electron chi connectivity index (χ3n) is 5.50. The van der Waals surface area contributed by atoms with Crippen LogP contribution in [0.4, 0.5) is 4.79 Å². The topological polar surface area (TPSA) is 90.0 Å². The van der Waals surface area contributed by atoms with Crippen molar-refractivity contribution in [2.45, 2.75) is 52.9 Å². The van der Waals surface area contributed by atoms with Crippen molar-refractivity contribution in [2.24, 2.45) is 17.3 Å². The molecular formula is C19H33N3O4. The molecule has 0 aromatic heterocycles. The first-order chi connectivity index (χ1) is 12.2. The summed E-state index contributed by atoms with van der Waals surface area (Å²) in [5.41, 5.74) is -0.844. The van der Waals surface area contributed by atoms with E-state index in [1.54, 1.807) is 16.7 Å². The maximum absolute atomic E-state index is 12.7. The Bertz CT molecular complexity index is 537. The van der Waals surface area contributed by atoms with Crippen LogP contribution in [0, 0.1) is 17.3 Å². The first kappa shape index (κ1) is 20.5. The number of piperidine rings is 2. The number of nitrogens with zero attached hydrogens (tertiary/aromatic N) is 2. The lowest BCUT2D eigenvalue weighted by molar-refractivity contribution is -0.153. The van der Waals surface area contributed by atoms with Gasteiger partial charge in [-0.2, -0.15) is 0 Å².